The maximum Gasteiger partial charge on any atom is 0.259 e. The Hall–Kier alpha value is -2.14. The van der Waals surface area contributed by atoms with E-state index in [2.05, 4.69) is 5.32 Å². The molecule has 3 aliphatic carbocycles. The minimum Gasteiger partial charge on any atom is -0.507 e. The second kappa shape index (κ2) is 3.49. The number of fused-ring (bicyclic) bond motifs is 1. The molecule has 0 heterocycles. The standard InChI is InChI=1S/C15H13NO4/c17-10-4-2-1-3-7(10)14(20)16-9-5-11(18)12-8-6-15(8,12)13(9)19/h1-5,8,12-13,17,19H,6H2,(H,16,20)/t8?,12-,13+,15?/m1/s1. The summed E-state index contributed by atoms with van der Waals surface area (Å²) >= 11 is 0. The quantitative estimate of drug-likeness (QED) is 0.734. The molecule has 3 aliphatic rings. The van der Waals surface area contributed by atoms with E-state index in [0.717, 1.165) is 6.42 Å². The second-order valence-corrected chi connectivity index (χ2v) is 5.78. The summed E-state index contributed by atoms with van der Waals surface area (Å²) < 4.78 is 0. The SMILES string of the molecule is O=C(NC1=CC(=O)[C@H]2C3CC32[C@H]1O)c1ccccc1O. The molecule has 0 aliphatic heterocycles. The molecule has 0 saturated heterocycles. The van der Waals surface area contributed by atoms with Crippen LogP contribution in [0.4, 0.5) is 0 Å². The fourth-order valence-electron chi connectivity index (χ4n) is 3.47. The van der Waals surface area contributed by atoms with Crippen LogP contribution in [0.2, 0.25) is 0 Å². The van der Waals surface area contributed by atoms with Gasteiger partial charge in [0.25, 0.3) is 5.91 Å². The van der Waals surface area contributed by atoms with E-state index in [9.17, 15) is 19.8 Å². The summed E-state index contributed by atoms with van der Waals surface area (Å²) in [6.45, 7) is 0. The minimum absolute atomic E-state index is 0.0147. The Balaban J connectivity index is 1.59. The number of hydrogen-bond acceptors (Lipinski definition) is 4. The number of carbonyl (C=O) groups excluding carboxylic acids is 2. The van der Waals surface area contributed by atoms with Crippen molar-refractivity contribution in [3.8, 4) is 5.75 Å². The number of benzene rings is 1. The van der Waals surface area contributed by atoms with Crippen LogP contribution >= 0.6 is 0 Å². The Kier molecular flexibility index (Phi) is 2.04. The predicted molar refractivity (Wildman–Crippen MR) is 68.7 cm³/mol. The topological polar surface area (TPSA) is 86.6 Å². The van der Waals surface area contributed by atoms with E-state index in [1.165, 1.54) is 18.2 Å². The third kappa shape index (κ3) is 1.30. The number of aliphatic hydroxyl groups excluding tert-OH is 1. The first-order valence-corrected chi connectivity index (χ1v) is 6.58. The van der Waals surface area contributed by atoms with Gasteiger partial charge >= 0.3 is 0 Å². The fraction of sp³-hybridized carbons (Fsp3) is 0.333. The lowest BCUT2D eigenvalue weighted by atomic mass is 9.88. The van der Waals surface area contributed by atoms with Gasteiger partial charge in [-0.25, -0.2) is 0 Å². The van der Waals surface area contributed by atoms with Crippen molar-refractivity contribution in [2.24, 2.45) is 17.3 Å². The van der Waals surface area contributed by atoms with Gasteiger partial charge in [-0.05, 0) is 24.5 Å². The van der Waals surface area contributed by atoms with Crippen molar-refractivity contribution in [3.63, 3.8) is 0 Å². The lowest BCUT2D eigenvalue weighted by Gasteiger charge is -2.25. The zero-order chi connectivity index (χ0) is 14.1. The average molecular weight is 271 g/mol. The molecule has 4 rings (SSSR count). The molecule has 5 heteroatoms. The lowest BCUT2D eigenvalue weighted by molar-refractivity contribution is -0.118. The predicted octanol–water partition coefficient (Wildman–Crippen LogP) is 0.586. The maximum absolute atomic E-state index is 12.1. The molecule has 2 unspecified atom stereocenters. The highest BCUT2D eigenvalue weighted by molar-refractivity contribution is 6.02. The maximum atomic E-state index is 12.1. The summed E-state index contributed by atoms with van der Waals surface area (Å²) in [6.07, 6.45) is 1.39. The van der Waals surface area contributed by atoms with Crippen molar-refractivity contribution in [2.75, 3.05) is 0 Å². The number of nitrogens with one attached hydrogen (secondary N) is 1. The summed E-state index contributed by atoms with van der Waals surface area (Å²) in [4.78, 5) is 23.9. The zero-order valence-corrected chi connectivity index (χ0v) is 10.5. The number of carbonyl (C=O) groups is 2. The van der Waals surface area contributed by atoms with Gasteiger partial charge in [0.05, 0.1) is 11.3 Å². The van der Waals surface area contributed by atoms with E-state index in [-0.39, 0.29) is 34.1 Å². The second-order valence-electron chi connectivity index (χ2n) is 5.78. The first-order chi connectivity index (χ1) is 9.55. The van der Waals surface area contributed by atoms with Crippen molar-refractivity contribution in [1.29, 1.82) is 0 Å². The first kappa shape index (κ1) is 11.7. The number of rotatable bonds is 2. The Morgan fingerprint density at radius 1 is 1.35 bits per heavy atom. The van der Waals surface area contributed by atoms with E-state index in [1.54, 1.807) is 12.1 Å². The number of aromatic hydroxyl groups is 1. The molecule has 1 aromatic rings. The molecular formula is C15H13NO4. The van der Waals surface area contributed by atoms with Crippen LogP contribution in [0.3, 0.4) is 0 Å². The molecule has 5 nitrogen and oxygen atoms in total. The van der Waals surface area contributed by atoms with Gasteiger partial charge in [0, 0.05) is 17.4 Å². The Morgan fingerprint density at radius 3 is 2.80 bits per heavy atom. The average Bonchev–Trinajstić information content (AvgIpc) is 3.25. The Morgan fingerprint density at radius 2 is 2.10 bits per heavy atom. The van der Waals surface area contributed by atoms with Gasteiger partial charge in [0.2, 0.25) is 0 Å². The molecule has 0 aromatic heterocycles. The lowest BCUT2D eigenvalue weighted by Crippen LogP contribution is -2.38. The molecule has 0 bridgehead atoms. The molecular weight excluding hydrogens is 258 g/mol. The van der Waals surface area contributed by atoms with E-state index in [1.807, 2.05) is 0 Å². The summed E-state index contributed by atoms with van der Waals surface area (Å²) in [6, 6.07) is 6.16. The molecule has 102 valence electrons. The Bertz CT molecular complexity index is 680. The number of aliphatic hydroxyl groups is 1. The number of para-hydroxylation sites is 1. The van der Waals surface area contributed by atoms with Gasteiger partial charge in [-0.15, -0.1) is 0 Å². The summed E-state index contributed by atoms with van der Waals surface area (Å²) in [5.41, 5.74) is 0.0722. The van der Waals surface area contributed by atoms with E-state index in [0.29, 0.717) is 5.92 Å². The smallest absolute Gasteiger partial charge is 0.259 e. The number of ketones is 1. The third-order valence-electron chi connectivity index (χ3n) is 4.79. The molecule has 4 atom stereocenters. The molecule has 0 radical (unpaired) electrons. The van der Waals surface area contributed by atoms with Crippen LogP contribution in [-0.4, -0.2) is 28.0 Å². The minimum atomic E-state index is -0.787. The molecule has 1 amide bonds. The molecule has 3 N–H and O–H groups in total. The van der Waals surface area contributed by atoms with Crippen molar-refractivity contribution in [1.82, 2.24) is 5.32 Å². The highest BCUT2D eigenvalue weighted by Crippen LogP contribution is 2.83. The number of hydrogen-bond donors (Lipinski definition) is 3. The number of amides is 1. The van der Waals surface area contributed by atoms with Crippen molar-refractivity contribution in [2.45, 2.75) is 12.5 Å². The normalized spacial score (nSPS) is 36.5. The monoisotopic (exact) mass is 271 g/mol. The largest absolute Gasteiger partial charge is 0.507 e. The van der Waals surface area contributed by atoms with Crippen LogP contribution in [0.1, 0.15) is 16.8 Å². The van der Waals surface area contributed by atoms with Gasteiger partial charge in [-0.1, -0.05) is 12.1 Å². The van der Waals surface area contributed by atoms with Gasteiger partial charge in [0.15, 0.2) is 5.78 Å². The van der Waals surface area contributed by atoms with E-state index in [4.69, 9.17) is 0 Å². The van der Waals surface area contributed by atoms with Crippen LogP contribution in [0, 0.1) is 17.3 Å². The zero-order valence-electron chi connectivity index (χ0n) is 10.5. The molecule has 1 spiro atoms. The van der Waals surface area contributed by atoms with Crippen LogP contribution < -0.4 is 5.32 Å². The highest BCUT2D eigenvalue weighted by Gasteiger charge is 2.85. The fourth-order valence-corrected chi connectivity index (χ4v) is 3.47. The molecule has 1 aromatic carbocycles. The van der Waals surface area contributed by atoms with Crippen molar-refractivity contribution >= 4 is 11.7 Å². The van der Waals surface area contributed by atoms with E-state index >= 15 is 0 Å². The van der Waals surface area contributed by atoms with Gasteiger partial charge in [0.1, 0.15) is 11.9 Å². The number of allylic oxidation sites excluding steroid dienone is 1. The summed E-state index contributed by atoms with van der Waals surface area (Å²) in [7, 11) is 0. The van der Waals surface area contributed by atoms with E-state index < -0.39 is 12.0 Å². The molecule has 2 saturated carbocycles. The van der Waals surface area contributed by atoms with Crippen molar-refractivity contribution in [3.05, 3.63) is 41.6 Å². The number of phenols is 1. The number of phenolic OH excluding ortho intramolecular Hbond substituents is 1. The first-order valence-electron chi connectivity index (χ1n) is 6.58. The van der Waals surface area contributed by atoms with Crippen LogP contribution in [0.5, 0.6) is 5.75 Å². The summed E-state index contributed by atoms with van der Waals surface area (Å²) in [5.74, 6) is -0.411. The molecule has 20 heavy (non-hydrogen) atoms. The van der Waals surface area contributed by atoms with Crippen LogP contribution in [0.15, 0.2) is 36.0 Å². The van der Waals surface area contributed by atoms with Gasteiger partial charge in [-0.3, -0.25) is 9.59 Å². The third-order valence-corrected chi connectivity index (χ3v) is 4.79. The van der Waals surface area contributed by atoms with Gasteiger partial charge < -0.3 is 15.5 Å². The van der Waals surface area contributed by atoms with Gasteiger partial charge in [-0.2, -0.15) is 0 Å². The Labute approximate surface area is 114 Å². The van der Waals surface area contributed by atoms with Crippen molar-refractivity contribution < 1.29 is 19.8 Å². The van der Waals surface area contributed by atoms with Crippen LogP contribution in [0.25, 0.3) is 0 Å². The summed E-state index contributed by atoms with van der Waals surface area (Å²) in [5, 5.41) is 22.5. The van der Waals surface area contributed by atoms with Crippen LogP contribution in [-0.2, 0) is 4.79 Å². The molecule has 2 fully saturated rings. The highest BCUT2D eigenvalue weighted by atomic mass is 16.3.